The lowest BCUT2D eigenvalue weighted by molar-refractivity contribution is 0.0209. The summed E-state index contributed by atoms with van der Waals surface area (Å²) >= 11 is 3.55. The van der Waals surface area contributed by atoms with E-state index in [-0.39, 0.29) is 0 Å². The number of pyridine rings is 1. The molecule has 2 fully saturated rings. The van der Waals surface area contributed by atoms with Crippen LogP contribution in [0.1, 0.15) is 12.0 Å². The van der Waals surface area contributed by atoms with Gasteiger partial charge in [0.1, 0.15) is 5.82 Å². The summed E-state index contributed by atoms with van der Waals surface area (Å²) < 4.78 is 5.43. The normalized spacial score (nSPS) is 24.9. The molecule has 0 amide bonds. The minimum absolute atomic E-state index is 0.661. The van der Waals surface area contributed by atoms with Crippen LogP contribution in [-0.4, -0.2) is 55.3 Å². The molecule has 2 aliphatic heterocycles. The Morgan fingerprint density at radius 2 is 2.16 bits per heavy atom. The predicted octanol–water partition coefficient (Wildman–Crippen LogP) is 1.89. The topological polar surface area (TPSA) is 28.6 Å². The summed E-state index contributed by atoms with van der Waals surface area (Å²) in [6, 6.07) is 4.82. The van der Waals surface area contributed by atoms with Crippen LogP contribution >= 0.6 is 15.9 Å². The highest BCUT2D eigenvalue weighted by Crippen LogP contribution is 2.26. The van der Waals surface area contributed by atoms with Gasteiger partial charge in [-0.15, -0.1) is 0 Å². The zero-order valence-electron chi connectivity index (χ0n) is 11.1. The lowest BCUT2D eigenvalue weighted by Crippen LogP contribution is -2.44. The van der Waals surface area contributed by atoms with Gasteiger partial charge in [-0.2, -0.15) is 0 Å². The summed E-state index contributed by atoms with van der Waals surface area (Å²) in [4.78, 5) is 9.56. The fraction of sp³-hybridized carbons (Fsp3) is 0.643. The van der Waals surface area contributed by atoms with E-state index in [0.717, 1.165) is 50.5 Å². The van der Waals surface area contributed by atoms with Crippen LogP contribution < -0.4 is 4.90 Å². The maximum atomic E-state index is 5.43. The first kappa shape index (κ1) is 13.3. The van der Waals surface area contributed by atoms with Crippen LogP contribution in [0, 0.1) is 0 Å². The predicted molar refractivity (Wildman–Crippen MR) is 79.9 cm³/mol. The molecule has 0 bridgehead atoms. The number of halogens is 1. The largest absolute Gasteiger partial charge is 0.379 e. The van der Waals surface area contributed by atoms with Crippen molar-refractivity contribution in [3.8, 4) is 0 Å². The Morgan fingerprint density at radius 1 is 1.32 bits per heavy atom. The molecule has 19 heavy (non-hydrogen) atoms. The van der Waals surface area contributed by atoms with Crippen LogP contribution in [0.3, 0.4) is 0 Å². The number of rotatable bonds is 3. The van der Waals surface area contributed by atoms with Crippen molar-refractivity contribution >= 4 is 21.7 Å². The van der Waals surface area contributed by atoms with Crippen molar-refractivity contribution in [3.05, 3.63) is 23.9 Å². The molecule has 1 aromatic rings. The third-order valence-electron chi connectivity index (χ3n) is 4.04. The fourth-order valence-corrected chi connectivity index (χ4v) is 3.43. The molecular formula is C14H20BrN3O. The second kappa shape index (κ2) is 6.20. The summed E-state index contributed by atoms with van der Waals surface area (Å²) in [6.07, 6.45) is 3.13. The molecule has 0 aliphatic carbocycles. The van der Waals surface area contributed by atoms with E-state index in [2.05, 4.69) is 36.8 Å². The van der Waals surface area contributed by atoms with Crippen LogP contribution in [-0.2, 0) is 10.1 Å². The third-order valence-corrected chi connectivity index (χ3v) is 4.64. The molecule has 0 radical (unpaired) electrons. The van der Waals surface area contributed by atoms with Crippen molar-refractivity contribution in [1.82, 2.24) is 9.88 Å². The van der Waals surface area contributed by atoms with E-state index in [4.69, 9.17) is 4.74 Å². The maximum Gasteiger partial charge on any atom is 0.132 e. The van der Waals surface area contributed by atoms with Crippen molar-refractivity contribution in [1.29, 1.82) is 0 Å². The van der Waals surface area contributed by atoms with Gasteiger partial charge < -0.3 is 9.64 Å². The molecule has 3 rings (SSSR count). The van der Waals surface area contributed by atoms with E-state index in [0.29, 0.717) is 6.04 Å². The Hall–Kier alpha value is -0.650. The van der Waals surface area contributed by atoms with E-state index in [1.807, 2.05) is 12.3 Å². The summed E-state index contributed by atoms with van der Waals surface area (Å²) in [6.45, 7) is 6.12. The van der Waals surface area contributed by atoms with E-state index in [9.17, 15) is 0 Å². The number of hydrogen-bond donors (Lipinski definition) is 0. The van der Waals surface area contributed by atoms with Gasteiger partial charge in [0.25, 0.3) is 0 Å². The lowest BCUT2D eigenvalue weighted by atomic mass is 10.2. The molecule has 2 saturated heterocycles. The van der Waals surface area contributed by atoms with E-state index < -0.39 is 0 Å². The molecule has 2 aliphatic rings. The number of alkyl halides is 1. The lowest BCUT2D eigenvalue weighted by Gasteiger charge is -2.32. The smallest absolute Gasteiger partial charge is 0.132 e. The van der Waals surface area contributed by atoms with Gasteiger partial charge in [-0.1, -0.05) is 22.0 Å². The average Bonchev–Trinajstić information content (AvgIpc) is 2.98. The molecule has 0 N–H and O–H groups in total. The van der Waals surface area contributed by atoms with Crippen LogP contribution in [0.5, 0.6) is 0 Å². The van der Waals surface area contributed by atoms with Crippen LogP contribution in [0.15, 0.2) is 18.3 Å². The third kappa shape index (κ3) is 2.93. The van der Waals surface area contributed by atoms with Gasteiger partial charge in [-0.3, -0.25) is 4.90 Å². The molecular weight excluding hydrogens is 306 g/mol. The zero-order chi connectivity index (χ0) is 13.1. The van der Waals surface area contributed by atoms with Crippen LogP contribution in [0.2, 0.25) is 0 Å². The standard InChI is InChI=1S/C14H20BrN3O/c15-10-12-2-1-4-16-14(12)18-5-3-13(11-18)17-6-8-19-9-7-17/h1-2,4,13H,3,5-11H2. The summed E-state index contributed by atoms with van der Waals surface area (Å²) in [7, 11) is 0. The molecule has 3 heterocycles. The molecule has 0 spiro atoms. The minimum Gasteiger partial charge on any atom is -0.379 e. The molecule has 1 atom stereocenters. The molecule has 0 saturated carbocycles. The van der Waals surface area contributed by atoms with Crippen molar-refractivity contribution in [3.63, 3.8) is 0 Å². The van der Waals surface area contributed by atoms with E-state index in [1.165, 1.54) is 12.0 Å². The van der Waals surface area contributed by atoms with E-state index >= 15 is 0 Å². The van der Waals surface area contributed by atoms with Crippen molar-refractivity contribution in [2.45, 2.75) is 17.8 Å². The maximum absolute atomic E-state index is 5.43. The number of hydrogen-bond acceptors (Lipinski definition) is 4. The highest BCUT2D eigenvalue weighted by molar-refractivity contribution is 9.08. The molecule has 104 valence electrons. The molecule has 0 aromatic carbocycles. The first-order valence-electron chi connectivity index (χ1n) is 6.95. The van der Waals surface area contributed by atoms with Crippen molar-refractivity contribution < 1.29 is 4.74 Å². The highest BCUT2D eigenvalue weighted by atomic mass is 79.9. The molecule has 4 nitrogen and oxygen atoms in total. The van der Waals surface area contributed by atoms with Gasteiger partial charge >= 0.3 is 0 Å². The van der Waals surface area contributed by atoms with Gasteiger partial charge in [0, 0.05) is 49.3 Å². The number of ether oxygens (including phenoxy) is 1. The van der Waals surface area contributed by atoms with E-state index in [1.54, 1.807) is 0 Å². The molecule has 1 unspecified atom stereocenters. The fourth-order valence-electron chi connectivity index (χ4n) is 2.99. The summed E-state index contributed by atoms with van der Waals surface area (Å²) in [5.74, 6) is 1.15. The molecule has 1 aromatic heterocycles. The number of morpholine rings is 1. The Kier molecular flexibility index (Phi) is 4.35. The van der Waals surface area contributed by atoms with Gasteiger partial charge in [0.2, 0.25) is 0 Å². The highest BCUT2D eigenvalue weighted by Gasteiger charge is 2.29. The molecule has 5 heteroatoms. The minimum atomic E-state index is 0.661. The first-order valence-corrected chi connectivity index (χ1v) is 8.07. The van der Waals surface area contributed by atoms with Gasteiger partial charge in [0.15, 0.2) is 0 Å². The van der Waals surface area contributed by atoms with Gasteiger partial charge in [-0.05, 0) is 12.5 Å². The number of anilines is 1. The second-order valence-electron chi connectivity index (χ2n) is 5.16. The van der Waals surface area contributed by atoms with Gasteiger partial charge in [0.05, 0.1) is 13.2 Å². The zero-order valence-corrected chi connectivity index (χ0v) is 12.7. The van der Waals surface area contributed by atoms with Crippen LogP contribution in [0.4, 0.5) is 5.82 Å². The first-order chi connectivity index (χ1) is 9.38. The summed E-state index contributed by atoms with van der Waals surface area (Å²) in [5, 5.41) is 0.870. The number of nitrogens with zero attached hydrogens (tertiary/aromatic N) is 3. The van der Waals surface area contributed by atoms with Crippen molar-refractivity contribution in [2.24, 2.45) is 0 Å². The Bertz CT molecular complexity index is 423. The quantitative estimate of drug-likeness (QED) is 0.793. The second-order valence-corrected chi connectivity index (χ2v) is 5.72. The monoisotopic (exact) mass is 325 g/mol. The average molecular weight is 326 g/mol. The summed E-state index contributed by atoms with van der Waals surface area (Å²) in [5.41, 5.74) is 1.28. The Balaban J connectivity index is 1.67. The SMILES string of the molecule is BrCc1cccnc1N1CCC(N2CCOCC2)C1. The Morgan fingerprint density at radius 3 is 2.95 bits per heavy atom. The Labute approximate surface area is 122 Å². The van der Waals surface area contributed by atoms with Gasteiger partial charge in [-0.25, -0.2) is 4.98 Å². The van der Waals surface area contributed by atoms with Crippen molar-refractivity contribution in [2.75, 3.05) is 44.3 Å². The van der Waals surface area contributed by atoms with Crippen LogP contribution in [0.25, 0.3) is 0 Å². The number of aromatic nitrogens is 1.